The summed E-state index contributed by atoms with van der Waals surface area (Å²) in [5.41, 5.74) is 6.93. The maximum Gasteiger partial charge on any atom is 0.146 e. The molecule has 3 N–H and O–H groups in total. The summed E-state index contributed by atoms with van der Waals surface area (Å²) >= 11 is 5.21. The fourth-order valence-electron chi connectivity index (χ4n) is 1.33. The van der Waals surface area contributed by atoms with E-state index in [2.05, 4.69) is 14.3 Å². The first-order valence-corrected chi connectivity index (χ1v) is 4.75. The number of nitrogens with one attached hydrogen (secondary N) is 1. The van der Waals surface area contributed by atoms with Gasteiger partial charge < -0.3 is 15.0 Å². The zero-order chi connectivity index (χ0) is 10.7. The van der Waals surface area contributed by atoms with Gasteiger partial charge in [0.1, 0.15) is 23.4 Å². The van der Waals surface area contributed by atoms with Crippen LogP contribution in [-0.4, -0.2) is 9.97 Å². The molecule has 1 atom stereocenters. The van der Waals surface area contributed by atoms with E-state index in [1.807, 2.05) is 12.1 Å². The van der Waals surface area contributed by atoms with E-state index in [1.165, 1.54) is 0 Å². The van der Waals surface area contributed by atoms with Gasteiger partial charge in [0, 0.05) is 12.4 Å². The standard InChI is InChI=1S/C10H10ClN3O/c11-15-8-3-1-7(2-4-8)9(12)10-13-5-6-14-10/h1-6,9H,12H2,(H,13,14). The van der Waals surface area contributed by atoms with Crippen LogP contribution >= 0.6 is 11.9 Å². The molecule has 0 aliphatic rings. The van der Waals surface area contributed by atoms with E-state index in [9.17, 15) is 0 Å². The van der Waals surface area contributed by atoms with Gasteiger partial charge in [-0.25, -0.2) is 4.98 Å². The molecule has 0 aliphatic carbocycles. The van der Waals surface area contributed by atoms with Crippen LogP contribution in [0.5, 0.6) is 5.75 Å². The van der Waals surface area contributed by atoms with Crippen LogP contribution in [0.25, 0.3) is 0 Å². The Morgan fingerprint density at radius 2 is 2.07 bits per heavy atom. The van der Waals surface area contributed by atoms with Crippen LogP contribution in [0.2, 0.25) is 0 Å². The van der Waals surface area contributed by atoms with Gasteiger partial charge in [0.2, 0.25) is 0 Å². The first-order chi connectivity index (χ1) is 7.31. The molecule has 0 aliphatic heterocycles. The van der Waals surface area contributed by atoms with Crippen LogP contribution in [0, 0.1) is 0 Å². The summed E-state index contributed by atoms with van der Waals surface area (Å²) in [6, 6.07) is 6.95. The molecule has 0 saturated carbocycles. The number of aromatic nitrogens is 2. The van der Waals surface area contributed by atoms with Crippen LogP contribution in [0.15, 0.2) is 36.7 Å². The van der Waals surface area contributed by atoms with Crippen molar-refractivity contribution in [3.8, 4) is 5.75 Å². The molecule has 0 amide bonds. The van der Waals surface area contributed by atoms with Crippen molar-refractivity contribution < 1.29 is 4.29 Å². The molecule has 15 heavy (non-hydrogen) atoms. The molecule has 2 rings (SSSR count). The maximum absolute atomic E-state index is 5.98. The number of halogens is 1. The fraction of sp³-hybridized carbons (Fsp3) is 0.100. The Kier molecular flexibility index (Phi) is 2.89. The molecule has 2 aromatic rings. The molecular weight excluding hydrogens is 214 g/mol. The molecule has 1 aromatic heterocycles. The molecule has 0 bridgehead atoms. The van der Waals surface area contributed by atoms with E-state index in [0.717, 1.165) is 11.4 Å². The Balaban J connectivity index is 2.22. The average molecular weight is 224 g/mol. The van der Waals surface area contributed by atoms with E-state index >= 15 is 0 Å². The minimum absolute atomic E-state index is 0.260. The van der Waals surface area contributed by atoms with Gasteiger partial charge in [-0.1, -0.05) is 12.1 Å². The van der Waals surface area contributed by atoms with Crippen LogP contribution in [0.4, 0.5) is 0 Å². The first kappa shape index (κ1) is 10.0. The molecule has 0 radical (unpaired) electrons. The van der Waals surface area contributed by atoms with Crippen molar-refractivity contribution in [1.29, 1.82) is 0 Å². The van der Waals surface area contributed by atoms with E-state index in [1.54, 1.807) is 24.5 Å². The molecule has 5 heteroatoms. The Hall–Kier alpha value is -1.52. The lowest BCUT2D eigenvalue weighted by Gasteiger charge is -2.09. The SMILES string of the molecule is NC(c1ccc(OCl)cc1)c1ncc[nH]1. The highest BCUT2D eigenvalue weighted by Crippen LogP contribution is 2.20. The van der Waals surface area contributed by atoms with Crippen molar-refractivity contribution in [3.63, 3.8) is 0 Å². The molecule has 78 valence electrons. The number of aromatic amines is 1. The normalized spacial score (nSPS) is 12.4. The summed E-state index contributed by atoms with van der Waals surface area (Å²) in [4.78, 5) is 7.07. The molecule has 4 nitrogen and oxygen atoms in total. The Bertz CT molecular complexity index is 413. The van der Waals surface area contributed by atoms with Gasteiger partial charge in [-0.05, 0) is 17.7 Å². The van der Waals surface area contributed by atoms with Gasteiger partial charge in [-0.2, -0.15) is 0 Å². The van der Waals surface area contributed by atoms with E-state index in [-0.39, 0.29) is 6.04 Å². The first-order valence-electron chi connectivity index (χ1n) is 4.44. The second-order valence-corrected chi connectivity index (χ2v) is 3.25. The second-order valence-electron chi connectivity index (χ2n) is 3.10. The van der Waals surface area contributed by atoms with Gasteiger partial charge in [0.25, 0.3) is 0 Å². The zero-order valence-electron chi connectivity index (χ0n) is 7.85. The minimum atomic E-state index is -0.260. The predicted octanol–water partition coefficient (Wildman–Crippen LogP) is 1.99. The van der Waals surface area contributed by atoms with Gasteiger partial charge in [-0.3, -0.25) is 0 Å². The topological polar surface area (TPSA) is 63.9 Å². The Morgan fingerprint density at radius 3 is 2.60 bits per heavy atom. The highest BCUT2D eigenvalue weighted by Gasteiger charge is 2.10. The smallest absolute Gasteiger partial charge is 0.146 e. The summed E-state index contributed by atoms with van der Waals surface area (Å²) in [5.74, 6) is 1.32. The Labute approximate surface area is 92.2 Å². The van der Waals surface area contributed by atoms with E-state index in [0.29, 0.717) is 5.75 Å². The molecular formula is C10H10ClN3O. The Morgan fingerprint density at radius 1 is 1.33 bits per heavy atom. The highest BCUT2D eigenvalue weighted by molar-refractivity contribution is 6.09. The number of imidazole rings is 1. The number of benzene rings is 1. The van der Waals surface area contributed by atoms with E-state index in [4.69, 9.17) is 17.6 Å². The summed E-state index contributed by atoms with van der Waals surface area (Å²) < 4.78 is 4.55. The van der Waals surface area contributed by atoms with Crippen molar-refractivity contribution in [1.82, 2.24) is 9.97 Å². The lowest BCUT2D eigenvalue weighted by atomic mass is 10.1. The third-order valence-corrected chi connectivity index (χ3v) is 2.32. The van der Waals surface area contributed by atoms with Crippen molar-refractivity contribution in [2.75, 3.05) is 0 Å². The van der Waals surface area contributed by atoms with Gasteiger partial charge >= 0.3 is 0 Å². The molecule has 1 heterocycles. The van der Waals surface area contributed by atoms with Crippen molar-refractivity contribution in [3.05, 3.63) is 48.0 Å². The summed E-state index contributed by atoms with van der Waals surface area (Å²) in [6.45, 7) is 0. The third kappa shape index (κ3) is 2.11. The van der Waals surface area contributed by atoms with Gasteiger partial charge in [0.05, 0.1) is 6.04 Å². The molecule has 1 unspecified atom stereocenters. The predicted molar refractivity (Wildman–Crippen MR) is 57.5 cm³/mol. The van der Waals surface area contributed by atoms with E-state index < -0.39 is 0 Å². The number of H-pyrrole nitrogens is 1. The number of hydrogen-bond donors (Lipinski definition) is 2. The fourth-order valence-corrected chi connectivity index (χ4v) is 1.43. The summed E-state index contributed by atoms with van der Waals surface area (Å²) in [7, 11) is 0. The van der Waals surface area contributed by atoms with Gasteiger partial charge in [0.15, 0.2) is 0 Å². The lowest BCUT2D eigenvalue weighted by Crippen LogP contribution is -2.13. The van der Waals surface area contributed by atoms with Crippen LogP contribution in [0.3, 0.4) is 0 Å². The summed E-state index contributed by atoms with van der Waals surface area (Å²) in [5, 5.41) is 0. The number of nitrogens with zero attached hydrogens (tertiary/aromatic N) is 1. The molecule has 0 saturated heterocycles. The quantitative estimate of drug-likeness (QED) is 0.837. The van der Waals surface area contributed by atoms with Crippen molar-refractivity contribution in [2.24, 2.45) is 5.73 Å². The van der Waals surface area contributed by atoms with Crippen LogP contribution < -0.4 is 10.0 Å². The third-order valence-electron chi connectivity index (χ3n) is 2.14. The molecule has 0 fully saturated rings. The zero-order valence-corrected chi connectivity index (χ0v) is 8.61. The number of hydrogen-bond acceptors (Lipinski definition) is 3. The average Bonchev–Trinajstić information content (AvgIpc) is 2.82. The number of rotatable bonds is 3. The van der Waals surface area contributed by atoms with Crippen LogP contribution in [-0.2, 0) is 0 Å². The van der Waals surface area contributed by atoms with Crippen molar-refractivity contribution in [2.45, 2.75) is 6.04 Å². The lowest BCUT2D eigenvalue weighted by molar-refractivity contribution is 0.618. The molecule has 0 spiro atoms. The maximum atomic E-state index is 5.98. The highest BCUT2D eigenvalue weighted by atomic mass is 35.5. The minimum Gasteiger partial charge on any atom is -0.386 e. The van der Waals surface area contributed by atoms with Crippen molar-refractivity contribution >= 4 is 11.9 Å². The monoisotopic (exact) mass is 223 g/mol. The number of nitrogens with two attached hydrogens (primary N) is 1. The van der Waals surface area contributed by atoms with Gasteiger partial charge in [-0.15, -0.1) is 0 Å². The summed E-state index contributed by atoms with van der Waals surface area (Å²) in [6.07, 6.45) is 3.41. The second kappa shape index (κ2) is 4.33. The van der Waals surface area contributed by atoms with Crippen LogP contribution in [0.1, 0.15) is 17.4 Å². The largest absolute Gasteiger partial charge is 0.386 e. The molecule has 1 aromatic carbocycles.